The molecule has 2 aromatic rings. The first kappa shape index (κ1) is 9.99. The van der Waals surface area contributed by atoms with E-state index in [-0.39, 0.29) is 5.56 Å². The smallest absolute Gasteiger partial charge is 0.313 e. The van der Waals surface area contributed by atoms with Crippen LogP contribution in [-0.4, -0.2) is 9.97 Å². The topological polar surface area (TPSA) is 65.7 Å². The van der Waals surface area contributed by atoms with Crippen molar-refractivity contribution in [1.82, 2.24) is 9.97 Å². The van der Waals surface area contributed by atoms with Crippen molar-refractivity contribution in [2.45, 2.75) is 0 Å². The van der Waals surface area contributed by atoms with Crippen LogP contribution >= 0.6 is 0 Å². The molecule has 0 aliphatic rings. The standard InChI is InChI=1S/C12H8N2O2/c15-11-10(8-13-12(16)14-11)7-6-9-4-2-1-3-5-9/h1-5,8H,(H2,13,14,15,16). The molecule has 1 heterocycles. The molecule has 1 aromatic carbocycles. The van der Waals surface area contributed by atoms with Crippen LogP contribution in [0.15, 0.2) is 46.1 Å². The molecular weight excluding hydrogens is 204 g/mol. The lowest BCUT2D eigenvalue weighted by molar-refractivity contribution is 1.03. The third-order valence-corrected chi connectivity index (χ3v) is 1.93. The molecule has 4 nitrogen and oxygen atoms in total. The van der Waals surface area contributed by atoms with Crippen molar-refractivity contribution in [3.63, 3.8) is 0 Å². The molecule has 0 saturated heterocycles. The van der Waals surface area contributed by atoms with Gasteiger partial charge in [0.15, 0.2) is 0 Å². The number of hydrogen-bond acceptors (Lipinski definition) is 2. The summed E-state index contributed by atoms with van der Waals surface area (Å²) in [7, 11) is 0. The molecule has 0 fully saturated rings. The summed E-state index contributed by atoms with van der Waals surface area (Å²) in [6.07, 6.45) is 1.30. The summed E-state index contributed by atoms with van der Waals surface area (Å²) < 4.78 is 0. The van der Waals surface area contributed by atoms with Crippen LogP contribution in [0.1, 0.15) is 11.1 Å². The van der Waals surface area contributed by atoms with Gasteiger partial charge in [0.2, 0.25) is 0 Å². The molecule has 2 rings (SSSR count). The zero-order valence-electron chi connectivity index (χ0n) is 8.28. The van der Waals surface area contributed by atoms with Gasteiger partial charge in [-0.15, -0.1) is 0 Å². The fourth-order valence-corrected chi connectivity index (χ4v) is 1.16. The Balaban J connectivity index is 2.39. The lowest BCUT2D eigenvalue weighted by Crippen LogP contribution is -2.23. The van der Waals surface area contributed by atoms with Crippen molar-refractivity contribution >= 4 is 0 Å². The summed E-state index contributed by atoms with van der Waals surface area (Å²) in [5, 5.41) is 0. The maximum absolute atomic E-state index is 11.3. The summed E-state index contributed by atoms with van der Waals surface area (Å²) >= 11 is 0. The molecule has 2 N–H and O–H groups in total. The second-order valence-electron chi connectivity index (χ2n) is 3.10. The summed E-state index contributed by atoms with van der Waals surface area (Å²) in [5.41, 5.74) is 0.0407. The molecule has 16 heavy (non-hydrogen) atoms. The van der Waals surface area contributed by atoms with Gasteiger partial charge in [0.05, 0.1) is 0 Å². The van der Waals surface area contributed by atoms with Gasteiger partial charge >= 0.3 is 5.69 Å². The van der Waals surface area contributed by atoms with E-state index in [1.807, 2.05) is 30.3 Å². The molecule has 0 aliphatic carbocycles. The first-order chi connectivity index (χ1) is 7.75. The van der Waals surface area contributed by atoms with E-state index in [1.54, 1.807) is 0 Å². The highest BCUT2D eigenvalue weighted by Gasteiger charge is 1.94. The summed E-state index contributed by atoms with van der Waals surface area (Å²) in [5.74, 6) is 5.52. The van der Waals surface area contributed by atoms with Crippen molar-refractivity contribution in [1.29, 1.82) is 0 Å². The van der Waals surface area contributed by atoms with Crippen molar-refractivity contribution in [3.8, 4) is 11.8 Å². The second-order valence-corrected chi connectivity index (χ2v) is 3.10. The van der Waals surface area contributed by atoms with Crippen molar-refractivity contribution < 1.29 is 0 Å². The number of rotatable bonds is 0. The molecule has 0 atom stereocenters. The van der Waals surface area contributed by atoms with Gasteiger partial charge in [0, 0.05) is 11.8 Å². The highest BCUT2D eigenvalue weighted by molar-refractivity contribution is 5.40. The minimum Gasteiger partial charge on any atom is -0.313 e. The third kappa shape index (κ3) is 2.28. The van der Waals surface area contributed by atoms with Gasteiger partial charge in [0.25, 0.3) is 5.56 Å². The highest BCUT2D eigenvalue weighted by atomic mass is 16.2. The monoisotopic (exact) mass is 212 g/mol. The minimum absolute atomic E-state index is 0.239. The molecule has 0 radical (unpaired) electrons. The van der Waals surface area contributed by atoms with Crippen molar-refractivity contribution in [2.75, 3.05) is 0 Å². The average Bonchev–Trinajstić information content (AvgIpc) is 2.29. The van der Waals surface area contributed by atoms with E-state index in [2.05, 4.69) is 21.8 Å². The predicted octanol–water partition coefficient (Wildman–Crippen LogP) is 0.463. The Morgan fingerprint density at radius 2 is 1.75 bits per heavy atom. The Morgan fingerprint density at radius 3 is 2.44 bits per heavy atom. The number of nitrogens with one attached hydrogen (secondary N) is 2. The quantitative estimate of drug-likeness (QED) is 0.623. The average molecular weight is 212 g/mol. The van der Waals surface area contributed by atoms with Crippen molar-refractivity contribution in [2.24, 2.45) is 0 Å². The first-order valence-electron chi connectivity index (χ1n) is 4.65. The molecule has 0 amide bonds. The van der Waals surface area contributed by atoms with Crippen LogP contribution in [0.25, 0.3) is 0 Å². The molecule has 0 saturated carbocycles. The van der Waals surface area contributed by atoms with Gasteiger partial charge in [-0.05, 0) is 12.1 Å². The van der Waals surface area contributed by atoms with Gasteiger partial charge in [0.1, 0.15) is 5.56 Å². The lowest BCUT2D eigenvalue weighted by Gasteiger charge is -1.88. The normalized spacial score (nSPS) is 9.25. The van der Waals surface area contributed by atoms with E-state index < -0.39 is 11.2 Å². The van der Waals surface area contributed by atoms with Gasteiger partial charge in [-0.1, -0.05) is 30.0 Å². The Bertz CT molecular complexity index is 657. The van der Waals surface area contributed by atoms with E-state index in [0.29, 0.717) is 0 Å². The van der Waals surface area contributed by atoms with Crippen LogP contribution in [0.4, 0.5) is 0 Å². The Morgan fingerprint density at radius 1 is 1.00 bits per heavy atom. The molecule has 0 aliphatic heterocycles. The maximum atomic E-state index is 11.3. The third-order valence-electron chi connectivity index (χ3n) is 1.93. The summed E-state index contributed by atoms with van der Waals surface area (Å²) in [4.78, 5) is 26.5. The molecule has 0 spiro atoms. The maximum Gasteiger partial charge on any atom is 0.325 e. The number of aromatic nitrogens is 2. The molecule has 0 unspecified atom stereocenters. The summed E-state index contributed by atoms with van der Waals surface area (Å²) in [6, 6.07) is 9.29. The number of hydrogen-bond donors (Lipinski definition) is 2. The van der Waals surface area contributed by atoms with Crippen LogP contribution in [0.5, 0.6) is 0 Å². The molecule has 78 valence electrons. The Hall–Kier alpha value is -2.54. The highest BCUT2D eigenvalue weighted by Crippen LogP contribution is 1.95. The van der Waals surface area contributed by atoms with Gasteiger partial charge in [-0.25, -0.2) is 4.79 Å². The van der Waals surface area contributed by atoms with E-state index in [9.17, 15) is 9.59 Å². The summed E-state index contributed by atoms with van der Waals surface area (Å²) in [6.45, 7) is 0. The zero-order chi connectivity index (χ0) is 11.4. The number of benzene rings is 1. The SMILES string of the molecule is O=c1[nH]cc(C#Cc2ccccc2)c(=O)[nH]1. The van der Waals surface area contributed by atoms with Crippen molar-refractivity contribution in [3.05, 3.63) is 68.5 Å². The molecular formula is C12H8N2O2. The number of H-pyrrole nitrogens is 2. The van der Waals surface area contributed by atoms with Crippen LogP contribution in [-0.2, 0) is 0 Å². The van der Waals surface area contributed by atoms with Crippen LogP contribution < -0.4 is 11.2 Å². The molecule has 1 aromatic heterocycles. The zero-order valence-corrected chi connectivity index (χ0v) is 8.28. The van der Waals surface area contributed by atoms with E-state index in [1.165, 1.54) is 6.20 Å². The van der Waals surface area contributed by atoms with Crippen LogP contribution in [0.2, 0.25) is 0 Å². The largest absolute Gasteiger partial charge is 0.325 e. The lowest BCUT2D eigenvalue weighted by atomic mass is 10.2. The fourth-order valence-electron chi connectivity index (χ4n) is 1.16. The number of aromatic amines is 2. The first-order valence-corrected chi connectivity index (χ1v) is 4.65. The van der Waals surface area contributed by atoms with E-state index in [4.69, 9.17) is 0 Å². The molecule has 4 heteroatoms. The van der Waals surface area contributed by atoms with Crippen LogP contribution in [0.3, 0.4) is 0 Å². The predicted molar refractivity (Wildman–Crippen MR) is 60.1 cm³/mol. The van der Waals surface area contributed by atoms with Crippen LogP contribution in [0, 0.1) is 11.8 Å². The van der Waals surface area contributed by atoms with E-state index in [0.717, 1.165) is 5.56 Å². The van der Waals surface area contributed by atoms with Gasteiger partial charge in [-0.3, -0.25) is 9.78 Å². The Kier molecular flexibility index (Phi) is 2.70. The molecule has 0 bridgehead atoms. The van der Waals surface area contributed by atoms with E-state index >= 15 is 0 Å². The second kappa shape index (κ2) is 4.32. The Labute approximate surface area is 91.0 Å². The minimum atomic E-state index is -0.532. The fraction of sp³-hybridized carbons (Fsp3) is 0. The van der Waals surface area contributed by atoms with Gasteiger partial charge < -0.3 is 4.98 Å². The van der Waals surface area contributed by atoms with Gasteiger partial charge in [-0.2, -0.15) is 0 Å².